The molecule has 0 atom stereocenters. The van der Waals surface area contributed by atoms with Crippen LogP contribution in [0.15, 0.2) is 72.8 Å². The summed E-state index contributed by atoms with van der Waals surface area (Å²) in [5.41, 5.74) is -2.49. The van der Waals surface area contributed by atoms with Crippen molar-refractivity contribution in [3.8, 4) is 22.3 Å². The van der Waals surface area contributed by atoms with Gasteiger partial charge in [0.05, 0.1) is 44.5 Å². The van der Waals surface area contributed by atoms with E-state index in [0.717, 1.165) is 48.5 Å². The molecule has 0 aliphatic carbocycles. The first kappa shape index (κ1) is 35.1. The van der Waals surface area contributed by atoms with Crippen LogP contribution in [-0.2, 0) is 0 Å². The highest BCUT2D eigenvalue weighted by molar-refractivity contribution is 6.06. The lowest BCUT2D eigenvalue weighted by Gasteiger charge is -2.09. The molecule has 244 valence electrons. The second-order valence-electron chi connectivity index (χ2n) is 9.48. The van der Waals surface area contributed by atoms with Crippen molar-refractivity contribution in [2.24, 2.45) is 0 Å². The van der Waals surface area contributed by atoms with Crippen molar-refractivity contribution in [2.45, 2.75) is 0 Å². The molecule has 0 aromatic heterocycles. The smallest absolute Gasteiger partial charge is 0.336 e. The molecule has 4 aromatic rings. The quantitative estimate of drug-likeness (QED) is 0.118. The van der Waals surface area contributed by atoms with Gasteiger partial charge in [0.25, 0.3) is 0 Å². The molecular formula is C32H20O16. The minimum absolute atomic E-state index is 0.247. The van der Waals surface area contributed by atoms with Crippen LogP contribution in [-0.4, -0.2) is 88.6 Å². The zero-order chi connectivity index (χ0) is 36.0. The van der Waals surface area contributed by atoms with Crippen LogP contribution < -0.4 is 0 Å². The van der Waals surface area contributed by atoms with Gasteiger partial charge in [-0.2, -0.15) is 0 Å². The standard InChI is InChI=1S/2C16H10O8/c2*17-13(18)9-3-1-7(5-11(9)15(21)22)8-2-4-10(14(19)20)12(6-8)16(23)24/h2*1-6H,(H,17,18)(H,19,20)(H,21,22)(H,23,24). The van der Waals surface area contributed by atoms with Gasteiger partial charge < -0.3 is 40.9 Å². The Morgan fingerprint density at radius 1 is 0.250 bits per heavy atom. The van der Waals surface area contributed by atoms with Crippen LogP contribution in [0.4, 0.5) is 0 Å². The SMILES string of the molecule is O=C(O)c1ccc(-c2ccc(C(=O)O)c(C(=O)O)c2)cc1C(=O)O.O=C(O)c1ccc(-c2ccc(C(=O)O)c(C(=O)O)c2)cc1C(=O)O. The fourth-order valence-corrected chi connectivity index (χ4v) is 4.35. The van der Waals surface area contributed by atoms with Crippen LogP contribution in [0, 0.1) is 0 Å². The van der Waals surface area contributed by atoms with E-state index < -0.39 is 92.3 Å². The number of hydrogen-bond acceptors (Lipinski definition) is 8. The van der Waals surface area contributed by atoms with Crippen molar-refractivity contribution in [2.75, 3.05) is 0 Å². The number of carboxylic acid groups (broad SMARTS) is 8. The topological polar surface area (TPSA) is 298 Å². The highest BCUT2D eigenvalue weighted by Gasteiger charge is 2.21. The van der Waals surface area contributed by atoms with Gasteiger partial charge in [-0.15, -0.1) is 0 Å². The highest BCUT2D eigenvalue weighted by atomic mass is 16.4. The number of hydrogen-bond donors (Lipinski definition) is 8. The van der Waals surface area contributed by atoms with E-state index in [0.29, 0.717) is 0 Å². The fraction of sp³-hybridized carbons (Fsp3) is 0. The van der Waals surface area contributed by atoms with Gasteiger partial charge in [-0.05, 0) is 70.8 Å². The maximum atomic E-state index is 11.2. The summed E-state index contributed by atoms with van der Waals surface area (Å²) in [5, 5.41) is 72.4. The van der Waals surface area contributed by atoms with E-state index in [1.807, 2.05) is 0 Å². The van der Waals surface area contributed by atoms with Crippen molar-refractivity contribution in [3.63, 3.8) is 0 Å². The van der Waals surface area contributed by atoms with E-state index in [-0.39, 0.29) is 22.3 Å². The maximum Gasteiger partial charge on any atom is 0.336 e. The Labute approximate surface area is 266 Å². The summed E-state index contributed by atoms with van der Waals surface area (Å²) in [6.07, 6.45) is 0. The zero-order valence-electron chi connectivity index (χ0n) is 23.8. The number of carboxylic acids is 8. The van der Waals surface area contributed by atoms with Crippen molar-refractivity contribution in [1.82, 2.24) is 0 Å². The third-order valence-electron chi connectivity index (χ3n) is 6.59. The number of benzene rings is 4. The Bertz CT molecular complexity index is 1760. The maximum absolute atomic E-state index is 11.2. The first-order chi connectivity index (χ1) is 22.4. The summed E-state index contributed by atoms with van der Waals surface area (Å²) in [7, 11) is 0. The van der Waals surface area contributed by atoms with Gasteiger partial charge in [0.15, 0.2) is 0 Å². The van der Waals surface area contributed by atoms with Crippen molar-refractivity contribution < 1.29 is 79.2 Å². The van der Waals surface area contributed by atoms with Gasteiger partial charge in [-0.3, -0.25) is 0 Å². The Morgan fingerprint density at radius 2 is 0.396 bits per heavy atom. The third kappa shape index (κ3) is 7.64. The predicted molar refractivity (Wildman–Crippen MR) is 159 cm³/mol. The van der Waals surface area contributed by atoms with Crippen LogP contribution in [0.25, 0.3) is 22.3 Å². The Balaban J connectivity index is 0.000000260. The van der Waals surface area contributed by atoms with Crippen LogP contribution in [0.1, 0.15) is 82.9 Å². The second kappa shape index (κ2) is 14.2. The van der Waals surface area contributed by atoms with Crippen molar-refractivity contribution in [3.05, 3.63) is 117 Å². The minimum atomic E-state index is -1.45. The number of aromatic carboxylic acids is 8. The van der Waals surface area contributed by atoms with Crippen LogP contribution in [0.5, 0.6) is 0 Å². The zero-order valence-corrected chi connectivity index (χ0v) is 23.8. The molecule has 0 amide bonds. The molecule has 0 fully saturated rings. The van der Waals surface area contributed by atoms with Crippen LogP contribution in [0.3, 0.4) is 0 Å². The Kier molecular flexibility index (Phi) is 10.4. The average Bonchev–Trinajstić information content (AvgIpc) is 3.03. The summed E-state index contributed by atoms with van der Waals surface area (Å²) >= 11 is 0. The molecule has 0 heterocycles. The Morgan fingerprint density at radius 3 is 0.521 bits per heavy atom. The van der Waals surface area contributed by atoms with Gasteiger partial charge in [-0.25, -0.2) is 38.4 Å². The highest BCUT2D eigenvalue weighted by Crippen LogP contribution is 2.27. The van der Waals surface area contributed by atoms with Gasteiger partial charge >= 0.3 is 47.8 Å². The van der Waals surface area contributed by atoms with Crippen molar-refractivity contribution >= 4 is 47.8 Å². The van der Waals surface area contributed by atoms with E-state index in [1.54, 1.807) is 0 Å². The van der Waals surface area contributed by atoms with Crippen LogP contribution >= 0.6 is 0 Å². The molecular weight excluding hydrogens is 640 g/mol. The van der Waals surface area contributed by atoms with E-state index in [1.165, 1.54) is 24.3 Å². The molecule has 0 spiro atoms. The molecule has 0 bridgehead atoms. The predicted octanol–water partition coefficient (Wildman–Crippen LogP) is 4.29. The van der Waals surface area contributed by atoms with E-state index in [4.69, 9.17) is 40.9 Å². The molecule has 0 unspecified atom stereocenters. The third-order valence-corrected chi connectivity index (χ3v) is 6.59. The molecule has 4 rings (SSSR count). The lowest BCUT2D eigenvalue weighted by atomic mass is 9.96. The number of rotatable bonds is 10. The lowest BCUT2D eigenvalue weighted by molar-refractivity contribution is 0.0651. The second-order valence-corrected chi connectivity index (χ2v) is 9.48. The van der Waals surface area contributed by atoms with E-state index in [9.17, 15) is 38.4 Å². The van der Waals surface area contributed by atoms with E-state index in [2.05, 4.69) is 0 Å². The summed E-state index contributed by atoms with van der Waals surface area (Å²) in [6, 6.07) is 14.0. The summed E-state index contributed by atoms with van der Waals surface area (Å²) in [4.78, 5) is 88.9. The molecule has 0 aliphatic heterocycles. The molecule has 4 aromatic carbocycles. The molecule has 0 saturated heterocycles. The minimum Gasteiger partial charge on any atom is -0.478 e. The molecule has 16 heteroatoms. The number of carbonyl (C=O) groups is 8. The van der Waals surface area contributed by atoms with Crippen LogP contribution in [0.2, 0.25) is 0 Å². The molecule has 0 aliphatic rings. The largest absolute Gasteiger partial charge is 0.478 e. The molecule has 16 nitrogen and oxygen atoms in total. The summed E-state index contributed by atoms with van der Waals surface area (Å²) in [5.74, 6) is -11.4. The van der Waals surface area contributed by atoms with Gasteiger partial charge in [0, 0.05) is 0 Å². The normalized spacial score (nSPS) is 10.2. The molecule has 0 radical (unpaired) electrons. The molecule has 0 saturated carbocycles. The Hall–Kier alpha value is -7.36. The molecule has 48 heavy (non-hydrogen) atoms. The fourth-order valence-electron chi connectivity index (χ4n) is 4.35. The van der Waals surface area contributed by atoms with Gasteiger partial charge in [0.1, 0.15) is 0 Å². The first-order valence-electron chi connectivity index (χ1n) is 12.9. The monoisotopic (exact) mass is 660 g/mol. The van der Waals surface area contributed by atoms with Gasteiger partial charge in [-0.1, -0.05) is 24.3 Å². The molecule has 8 N–H and O–H groups in total. The lowest BCUT2D eigenvalue weighted by Crippen LogP contribution is -2.09. The van der Waals surface area contributed by atoms with E-state index >= 15 is 0 Å². The van der Waals surface area contributed by atoms with Gasteiger partial charge in [0.2, 0.25) is 0 Å². The van der Waals surface area contributed by atoms with Crippen molar-refractivity contribution in [1.29, 1.82) is 0 Å². The summed E-state index contributed by atoms with van der Waals surface area (Å²) in [6.45, 7) is 0. The first-order valence-corrected chi connectivity index (χ1v) is 12.9. The average molecular weight is 660 g/mol. The summed E-state index contributed by atoms with van der Waals surface area (Å²) < 4.78 is 0.